The average molecular weight is 248 g/mol. The van der Waals surface area contributed by atoms with Gasteiger partial charge in [0.1, 0.15) is 17.7 Å². The van der Waals surface area contributed by atoms with E-state index in [9.17, 15) is 0 Å². The first-order valence-corrected chi connectivity index (χ1v) is 5.79. The minimum absolute atomic E-state index is 0.0819. The van der Waals surface area contributed by atoms with Crippen LogP contribution in [0, 0.1) is 36.5 Å². The highest BCUT2D eigenvalue weighted by Crippen LogP contribution is 2.23. The van der Waals surface area contributed by atoms with Crippen molar-refractivity contribution in [1.82, 2.24) is 9.78 Å². The summed E-state index contributed by atoms with van der Waals surface area (Å²) in [5, 5.41) is 22.0. The molecule has 0 spiro atoms. The smallest absolute Gasteiger partial charge is 0.130 e. The molecule has 19 heavy (non-hydrogen) atoms. The van der Waals surface area contributed by atoms with Crippen LogP contribution in [0.15, 0.2) is 36.2 Å². The monoisotopic (exact) mass is 248 g/mol. The Hall–Kier alpha value is -2.85. The van der Waals surface area contributed by atoms with Crippen molar-refractivity contribution in [2.45, 2.75) is 13.8 Å². The molecule has 2 rings (SSSR count). The second-order valence-electron chi connectivity index (χ2n) is 4.25. The Morgan fingerprint density at radius 3 is 2.58 bits per heavy atom. The van der Waals surface area contributed by atoms with Crippen molar-refractivity contribution < 1.29 is 0 Å². The average Bonchev–Trinajstić information content (AvgIpc) is 2.88. The first-order valence-electron chi connectivity index (χ1n) is 5.79. The SMILES string of the molecule is Cc1cc(C)c(-n2cccn2)c(C=C(C#N)C#N)c1. The van der Waals surface area contributed by atoms with E-state index >= 15 is 0 Å². The summed E-state index contributed by atoms with van der Waals surface area (Å²) in [5.41, 5.74) is 3.91. The van der Waals surface area contributed by atoms with E-state index in [1.165, 1.54) is 0 Å². The second-order valence-corrected chi connectivity index (χ2v) is 4.25. The van der Waals surface area contributed by atoms with Gasteiger partial charge in [-0.15, -0.1) is 0 Å². The highest BCUT2D eigenvalue weighted by Gasteiger charge is 2.09. The molecule has 4 heteroatoms. The number of allylic oxidation sites excluding steroid dienone is 1. The van der Waals surface area contributed by atoms with Crippen molar-refractivity contribution in [3.63, 3.8) is 0 Å². The second kappa shape index (κ2) is 5.20. The van der Waals surface area contributed by atoms with Gasteiger partial charge in [-0.3, -0.25) is 0 Å². The van der Waals surface area contributed by atoms with Gasteiger partial charge in [-0.1, -0.05) is 11.6 Å². The fraction of sp³-hybridized carbons (Fsp3) is 0.133. The predicted molar refractivity (Wildman–Crippen MR) is 72.2 cm³/mol. The fourth-order valence-corrected chi connectivity index (χ4v) is 2.06. The van der Waals surface area contributed by atoms with E-state index in [0.717, 1.165) is 22.4 Å². The van der Waals surface area contributed by atoms with E-state index in [4.69, 9.17) is 10.5 Å². The van der Waals surface area contributed by atoms with E-state index in [1.54, 1.807) is 17.0 Å². The summed E-state index contributed by atoms with van der Waals surface area (Å²) in [6.45, 7) is 3.97. The Morgan fingerprint density at radius 1 is 1.26 bits per heavy atom. The summed E-state index contributed by atoms with van der Waals surface area (Å²) in [7, 11) is 0. The molecule has 0 radical (unpaired) electrons. The molecule has 92 valence electrons. The van der Waals surface area contributed by atoms with E-state index < -0.39 is 0 Å². The maximum atomic E-state index is 8.88. The summed E-state index contributed by atoms with van der Waals surface area (Å²) in [5.74, 6) is 0. The van der Waals surface area contributed by atoms with Crippen LogP contribution in [0.25, 0.3) is 11.8 Å². The number of hydrogen-bond donors (Lipinski definition) is 0. The molecule has 0 aliphatic rings. The Labute approximate surface area is 111 Å². The van der Waals surface area contributed by atoms with Crippen LogP contribution in [-0.2, 0) is 0 Å². The van der Waals surface area contributed by atoms with Gasteiger partial charge in [0, 0.05) is 18.0 Å². The van der Waals surface area contributed by atoms with Crippen molar-refractivity contribution in [3.8, 4) is 17.8 Å². The van der Waals surface area contributed by atoms with Gasteiger partial charge in [-0.05, 0) is 37.6 Å². The zero-order valence-electron chi connectivity index (χ0n) is 10.8. The number of hydrogen-bond acceptors (Lipinski definition) is 3. The highest BCUT2D eigenvalue weighted by atomic mass is 15.3. The van der Waals surface area contributed by atoms with Gasteiger partial charge in [-0.25, -0.2) is 4.68 Å². The van der Waals surface area contributed by atoms with Crippen LogP contribution in [0.3, 0.4) is 0 Å². The molecule has 0 saturated heterocycles. The molecule has 0 fully saturated rings. The minimum atomic E-state index is 0.0819. The molecule has 0 bridgehead atoms. The van der Waals surface area contributed by atoms with Crippen LogP contribution in [0.2, 0.25) is 0 Å². The number of nitrogens with zero attached hydrogens (tertiary/aromatic N) is 4. The van der Waals surface area contributed by atoms with Crippen LogP contribution in [0.1, 0.15) is 16.7 Å². The molecule has 0 amide bonds. The van der Waals surface area contributed by atoms with Crippen LogP contribution >= 0.6 is 0 Å². The Balaban J connectivity index is 2.71. The number of aromatic nitrogens is 2. The first-order chi connectivity index (χ1) is 9.15. The number of benzene rings is 1. The van der Waals surface area contributed by atoms with Crippen molar-refractivity contribution in [2.24, 2.45) is 0 Å². The predicted octanol–water partition coefficient (Wildman–Crippen LogP) is 2.92. The third-order valence-electron chi connectivity index (χ3n) is 2.75. The highest BCUT2D eigenvalue weighted by molar-refractivity contribution is 5.70. The largest absolute Gasteiger partial charge is 0.240 e. The molecule has 0 unspecified atom stereocenters. The van der Waals surface area contributed by atoms with Crippen LogP contribution in [0.5, 0.6) is 0 Å². The lowest BCUT2D eigenvalue weighted by Crippen LogP contribution is -2.01. The zero-order valence-corrected chi connectivity index (χ0v) is 10.8. The van der Waals surface area contributed by atoms with Crippen LogP contribution in [-0.4, -0.2) is 9.78 Å². The Morgan fingerprint density at radius 2 is 2.00 bits per heavy atom. The molecular weight excluding hydrogens is 236 g/mol. The molecule has 0 aliphatic heterocycles. The van der Waals surface area contributed by atoms with E-state index in [1.807, 2.05) is 50.4 Å². The van der Waals surface area contributed by atoms with Crippen molar-refractivity contribution >= 4 is 6.08 Å². The maximum Gasteiger partial charge on any atom is 0.130 e. The third kappa shape index (κ3) is 2.53. The van der Waals surface area contributed by atoms with E-state index in [2.05, 4.69) is 5.10 Å². The van der Waals surface area contributed by atoms with Crippen LogP contribution in [0.4, 0.5) is 0 Å². The minimum Gasteiger partial charge on any atom is -0.240 e. The molecule has 4 nitrogen and oxygen atoms in total. The van der Waals surface area contributed by atoms with Crippen LogP contribution < -0.4 is 0 Å². The molecule has 1 aromatic heterocycles. The van der Waals surface area contributed by atoms with Crippen molar-refractivity contribution in [1.29, 1.82) is 10.5 Å². The van der Waals surface area contributed by atoms with Gasteiger partial charge in [0.05, 0.1) is 5.69 Å². The van der Waals surface area contributed by atoms with E-state index in [-0.39, 0.29) is 5.57 Å². The summed E-state index contributed by atoms with van der Waals surface area (Å²) < 4.78 is 1.74. The standard InChI is InChI=1S/C15H12N4/c1-11-6-12(2)15(19-5-3-4-18-19)14(7-11)8-13(9-16)10-17/h3-8H,1-2H3. The molecule has 0 atom stereocenters. The molecule has 1 aromatic carbocycles. The fourth-order valence-electron chi connectivity index (χ4n) is 2.06. The topological polar surface area (TPSA) is 65.4 Å². The Kier molecular flexibility index (Phi) is 3.45. The summed E-state index contributed by atoms with van der Waals surface area (Å²) in [6.07, 6.45) is 5.13. The van der Waals surface area contributed by atoms with Crippen molar-refractivity contribution in [3.05, 3.63) is 52.9 Å². The van der Waals surface area contributed by atoms with Gasteiger partial charge in [0.25, 0.3) is 0 Å². The lowest BCUT2D eigenvalue weighted by molar-refractivity contribution is 0.870. The number of rotatable bonds is 2. The lowest BCUT2D eigenvalue weighted by Gasteiger charge is -2.11. The molecule has 0 saturated carbocycles. The number of nitriles is 2. The van der Waals surface area contributed by atoms with Gasteiger partial charge in [0.2, 0.25) is 0 Å². The number of aryl methyl sites for hydroxylation is 2. The normalized spacial score (nSPS) is 9.47. The van der Waals surface area contributed by atoms with Gasteiger partial charge in [0.15, 0.2) is 0 Å². The quantitative estimate of drug-likeness (QED) is 0.767. The van der Waals surface area contributed by atoms with Gasteiger partial charge < -0.3 is 0 Å². The maximum absolute atomic E-state index is 8.88. The summed E-state index contributed by atoms with van der Waals surface area (Å²) >= 11 is 0. The summed E-state index contributed by atoms with van der Waals surface area (Å²) in [6, 6.07) is 9.59. The molecule has 0 N–H and O–H groups in total. The van der Waals surface area contributed by atoms with Gasteiger partial charge in [-0.2, -0.15) is 15.6 Å². The molecular formula is C15H12N4. The Bertz CT molecular complexity index is 694. The third-order valence-corrected chi connectivity index (χ3v) is 2.75. The first kappa shape index (κ1) is 12.6. The van der Waals surface area contributed by atoms with Crippen molar-refractivity contribution in [2.75, 3.05) is 0 Å². The lowest BCUT2D eigenvalue weighted by atomic mass is 10.0. The molecule has 2 aromatic rings. The summed E-state index contributed by atoms with van der Waals surface area (Å²) in [4.78, 5) is 0. The zero-order chi connectivity index (χ0) is 13.8. The van der Waals surface area contributed by atoms with Gasteiger partial charge >= 0.3 is 0 Å². The molecule has 1 heterocycles. The molecule has 0 aliphatic carbocycles. The van der Waals surface area contributed by atoms with E-state index in [0.29, 0.717) is 0 Å².